The third-order valence-corrected chi connectivity index (χ3v) is 5.89. The maximum atomic E-state index is 12.3. The van der Waals surface area contributed by atoms with Crippen molar-refractivity contribution in [1.82, 2.24) is 20.4 Å². The molecule has 7 heteroatoms. The number of piperidine rings is 1. The molecule has 4 rings (SSSR count). The van der Waals surface area contributed by atoms with Crippen molar-refractivity contribution in [3.8, 4) is 6.07 Å². The van der Waals surface area contributed by atoms with Crippen molar-refractivity contribution in [1.29, 1.82) is 5.26 Å². The number of fused-ring (bicyclic) bond motifs is 1. The number of rotatable bonds is 5. The summed E-state index contributed by atoms with van der Waals surface area (Å²) in [5, 5.41) is 15.9. The Morgan fingerprint density at radius 3 is 2.89 bits per heavy atom. The van der Waals surface area contributed by atoms with Crippen molar-refractivity contribution in [2.24, 2.45) is 16.8 Å². The lowest BCUT2D eigenvalue weighted by Crippen LogP contribution is -2.54. The molecule has 28 heavy (non-hydrogen) atoms. The molecule has 3 atom stereocenters. The van der Waals surface area contributed by atoms with Gasteiger partial charge in [0.15, 0.2) is 0 Å². The quantitative estimate of drug-likeness (QED) is 0.743. The summed E-state index contributed by atoms with van der Waals surface area (Å²) in [7, 11) is 3.82. The second-order valence-corrected chi connectivity index (χ2v) is 8.46. The molecule has 0 bridgehead atoms. The Labute approximate surface area is 166 Å². The zero-order valence-corrected chi connectivity index (χ0v) is 16.6. The van der Waals surface area contributed by atoms with E-state index in [0.29, 0.717) is 18.0 Å². The number of aliphatic imine (C=N–C) groups is 1. The highest BCUT2D eigenvalue weighted by Crippen LogP contribution is 2.42. The molecule has 0 spiro atoms. The van der Waals surface area contributed by atoms with E-state index in [-0.39, 0.29) is 18.0 Å². The van der Waals surface area contributed by atoms with E-state index in [9.17, 15) is 10.1 Å². The van der Waals surface area contributed by atoms with Crippen molar-refractivity contribution in [2.75, 3.05) is 33.7 Å². The van der Waals surface area contributed by atoms with Crippen LogP contribution in [-0.2, 0) is 4.79 Å². The van der Waals surface area contributed by atoms with Crippen LogP contribution in [0.25, 0.3) is 0 Å². The van der Waals surface area contributed by atoms with Gasteiger partial charge in [-0.25, -0.2) is 0 Å². The van der Waals surface area contributed by atoms with Crippen LogP contribution >= 0.6 is 0 Å². The summed E-state index contributed by atoms with van der Waals surface area (Å²) < 4.78 is 0. The Hall–Kier alpha value is -2.59. The van der Waals surface area contributed by atoms with Crippen molar-refractivity contribution in [2.45, 2.75) is 31.3 Å². The molecule has 2 aliphatic heterocycles. The van der Waals surface area contributed by atoms with E-state index >= 15 is 0 Å². The van der Waals surface area contributed by atoms with Gasteiger partial charge in [-0.3, -0.25) is 9.79 Å². The smallest absolute Gasteiger partial charge is 0.234 e. The third-order valence-electron chi connectivity index (χ3n) is 5.89. The number of carbonyl (C=O) groups excluding carboxylic acids is 1. The summed E-state index contributed by atoms with van der Waals surface area (Å²) in [6.45, 7) is 2.17. The Kier molecular flexibility index (Phi) is 5.23. The molecule has 1 saturated carbocycles. The fourth-order valence-electron chi connectivity index (χ4n) is 4.49. The number of allylic oxidation sites excluding steroid dienone is 2. The van der Waals surface area contributed by atoms with Crippen molar-refractivity contribution in [3.05, 3.63) is 35.8 Å². The van der Waals surface area contributed by atoms with Crippen LogP contribution in [0.2, 0.25) is 0 Å². The Morgan fingerprint density at radius 1 is 1.36 bits per heavy atom. The van der Waals surface area contributed by atoms with Gasteiger partial charge in [0.2, 0.25) is 5.91 Å². The number of nitrogens with zero attached hydrogens (tertiary/aromatic N) is 4. The number of likely N-dealkylation sites (tertiary alicyclic amines) is 1. The first-order valence-electron chi connectivity index (χ1n) is 10.1. The molecule has 0 aromatic rings. The van der Waals surface area contributed by atoms with Gasteiger partial charge >= 0.3 is 0 Å². The molecule has 2 heterocycles. The number of hydrogen-bond acceptors (Lipinski definition) is 6. The molecule has 2 aliphatic carbocycles. The maximum absolute atomic E-state index is 12.3. The highest BCUT2D eigenvalue weighted by molar-refractivity contribution is 6.08. The third kappa shape index (κ3) is 3.97. The van der Waals surface area contributed by atoms with Gasteiger partial charge in [-0.05, 0) is 57.3 Å². The summed E-state index contributed by atoms with van der Waals surface area (Å²) in [6, 6.07) is 2.23. The fraction of sp³-hybridized carbons (Fsp3) is 0.571. The molecule has 1 amide bonds. The minimum atomic E-state index is -0.182. The number of carbonyl (C=O) groups is 1. The lowest BCUT2D eigenvalue weighted by atomic mass is 9.87. The highest BCUT2D eigenvalue weighted by Gasteiger charge is 2.40. The molecule has 0 radical (unpaired) electrons. The molecular formula is C21H28N6O. The number of hydrogen-bond donors (Lipinski definition) is 2. The van der Waals surface area contributed by atoms with Crippen molar-refractivity contribution < 1.29 is 4.79 Å². The van der Waals surface area contributed by atoms with Gasteiger partial charge in [-0.1, -0.05) is 0 Å². The monoisotopic (exact) mass is 380 g/mol. The Morgan fingerprint density at radius 2 is 2.18 bits per heavy atom. The normalized spacial score (nSPS) is 29.1. The zero-order chi connectivity index (χ0) is 19.7. The van der Waals surface area contributed by atoms with E-state index in [4.69, 9.17) is 0 Å². The minimum absolute atomic E-state index is 0.0770. The van der Waals surface area contributed by atoms with Crippen LogP contribution in [0.15, 0.2) is 40.8 Å². The van der Waals surface area contributed by atoms with Crippen LogP contribution in [0.4, 0.5) is 0 Å². The van der Waals surface area contributed by atoms with Crippen LogP contribution in [0.5, 0.6) is 0 Å². The van der Waals surface area contributed by atoms with Crippen LogP contribution in [0.1, 0.15) is 19.3 Å². The van der Waals surface area contributed by atoms with Crippen molar-refractivity contribution >= 4 is 11.6 Å². The molecule has 0 aromatic carbocycles. The summed E-state index contributed by atoms with van der Waals surface area (Å²) in [5.41, 5.74) is 2.65. The maximum Gasteiger partial charge on any atom is 0.234 e. The van der Waals surface area contributed by atoms with Gasteiger partial charge in [0, 0.05) is 31.5 Å². The molecule has 2 fully saturated rings. The van der Waals surface area contributed by atoms with E-state index < -0.39 is 0 Å². The molecule has 1 saturated heterocycles. The first kappa shape index (κ1) is 18.8. The SMILES string of the molecule is CN(C)CC(=O)NC1CC(C2CC2)CN(C2=CC=C(C#N)C3NC=CN=C23)C1. The molecule has 0 aromatic heterocycles. The minimum Gasteiger partial charge on any atom is -0.377 e. The average Bonchev–Trinajstić information content (AvgIpc) is 3.51. The predicted molar refractivity (Wildman–Crippen MR) is 108 cm³/mol. The second-order valence-electron chi connectivity index (χ2n) is 8.46. The van der Waals surface area contributed by atoms with Crippen LogP contribution in [0.3, 0.4) is 0 Å². The largest absolute Gasteiger partial charge is 0.377 e. The van der Waals surface area contributed by atoms with E-state index in [1.807, 2.05) is 31.1 Å². The average molecular weight is 380 g/mol. The summed E-state index contributed by atoms with van der Waals surface area (Å²) >= 11 is 0. The zero-order valence-electron chi connectivity index (χ0n) is 16.6. The lowest BCUT2D eigenvalue weighted by Gasteiger charge is -2.42. The number of nitriles is 1. The molecular weight excluding hydrogens is 352 g/mol. The molecule has 4 aliphatic rings. The highest BCUT2D eigenvalue weighted by atomic mass is 16.2. The first-order chi connectivity index (χ1) is 13.5. The fourth-order valence-corrected chi connectivity index (χ4v) is 4.49. The second kappa shape index (κ2) is 7.80. The number of likely N-dealkylation sites (N-methyl/N-ethyl adjacent to an activating group) is 1. The summed E-state index contributed by atoms with van der Waals surface area (Å²) in [4.78, 5) is 21.2. The topological polar surface area (TPSA) is 83.8 Å². The Bertz CT molecular complexity index is 798. The van der Waals surface area contributed by atoms with Gasteiger partial charge in [0.1, 0.15) is 6.04 Å². The first-order valence-corrected chi connectivity index (χ1v) is 10.1. The van der Waals surface area contributed by atoms with Gasteiger partial charge < -0.3 is 20.4 Å². The van der Waals surface area contributed by atoms with Crippen LogP contribution < -0.4 is 10.6 Å². The van der Waals surface area contributed by atoms with Gasteiger partial charge in [-0.15, -0.1) is 0 Å². The van der Waals surface area contributed by atoms with E-state index in [0.717, 1.165) is 36.8 Å². The standard InChI is InChI=1S/C21H28N6O/c1-26(2)13-19(28)25-17-9-16(14-3-4-14)11-27(12-17)18-6-5-15(10-22)20-21(18)24-8-7-23-20/h5-8,14,16-17,20,23H,3-4,9,11-13H2,1-2H3,(H,25,28). The summed E-state index contributed by atoms with van der Waals surface area (Å²) in [6.07, 6.45) is 11.1. The van der Waals surface area contributed by atoms with Crippen molar-refractivity contribution in [3.63, 3.8) is 0 Å². The molecule has 7 nitrogen and oxygen atoms in total. The van der Waals surface area contributed by atoms with E-state index in [2.05, 4.69) is 26.6 Å². The van der Waals surface area contributed by atoms with Gasteiger partial charge in [-0.2, -0.15) is 5.26 Å². The Balaban J connectivity index is 1.55. The number of amides is 1. The van der Waals surface area contributed by atoms with Gasteiger partial charge in [0.05, 0.1) is 29.6 Å². The lowest BCUT2D eigenvalue weighted by molar-refractivity contribution is -0.122. The number of nitrogens with one attached hydrogen (secondary N) is 2. The van der Waals surface area contributed by atoms with E-state index in [1.54, 1.807) is 12.4 Å². The predicted octanol–water partition coefficient (Wildman–Crippen LogP) is 0.996. The van der Waals surface area contributed by atoms with E-state index in [1.165, 1.54) is 12.8 Å². The van der Waals surface area contributed by atoms with Crippen LogP contribution in [-0.4, -0.2) is 67.2 Å². The van der Waals surface area contributed by atoms with Crippen LogP contribution in [0, 0.1) is 23.2 Å². The molecule has 148 valence electrons. The summed E-state index contributed by atoms with van der Waals surface area (Å²) in [5.74, 6) is 1.44. The molecule has 2 N–H and O–H groups in total. The molecule has 3 unspecified atom stereocenters. The van der Waals surface area contributed by atoms with Gasteiger partial charge in [0.25, 0.3) is 0 Å².